The number of isothiocyanates is 1. The molecule has 0 bridgehead atoms. The summed E-state index contributed by atoms with van der Waals surface area (Å²) in [7, 11) is 0. The highest BCUT2D eigenvalue weighted by atomic mass is 32.1. The number of thiocarbonyl (C=S) groups is 1. The SMILES string of the molecule is S=C=Nc1ccc2c(c1)CCC(C#Cc1ccc(CC3CCC3)cc1)=C2. The number of nitrogens with zero attached hydrogens (tertiary/aromatic N) is 1. The van der Waals surface area contributed by atoms with Crippen molar-refractivity contribution in [3.63, 3.8) is 0 Å². The molecule has 0 aliphatic heterocycles. The van der Waals surface area contributed by atoms with Crippen molar-refractivity contribution in [1.29, 1.82) is 0 Å². The van der Waals surface area contributed by atoms with Gasteiger partial charge in [0.1, 0.15) is 0 Å². The lowest BCUT2D eigenvalue weighted by molar-refractivity contribution is 0.314. The third-order valence-electron chi connectivity index (χ3n) is 5.37. The van der Waals surface area contributed by atoms with Crippen LogP contribution in [0.25, 0.3) is 6.08 Å². The number of hydrogen-bond donors (Lipinski definition) is 0. The molecular weight excluding hydrogens is 334 g/mol. The van der Waals surface area contributed by atoms with Crippen molar-refractivity contribution in [1.82, 2.24) is 0 Å². The maximum Gasteiger partial charge on any atom is 0.0742 e. The van der Waals surface area contributed by atoms with Gasteiger partial charge >= 0.3 is 0 Å². The Bertz CT molecular complexity index is 946. The normalized spacial score (nSPS) is 15.6. The molecule has 0 amide bonds. The summed E-state index contributed by atoms with van der Waals surface area (Å²) in [6.45, 7) is 0. The molecule has 0 spiro atoms. The maximum absolute atomic E-state index is 4.68. The van der Waals surface area contributed by atoms with Gasteiger partial charge in [-0.1, -0.05) is 49.3 Å². The van der Waals surface area contributed by atoms with Crippen LogP contribution < -0.4 is 0 Å². The standard InChI is InChI=1S/C24H21NS/c26-17-25-24-13-12-22-15-21(10-11-23(22)16-24)9-6-18-4-7-20(8-5-18)14-19-2-1-3-19/h4-5,7-8,12-13,15-16,19H,1-3,10-11,14H2. The molecule has 0 saturated heterocycles. The van der Waals surface area contributed by atoms with Crippen molar-refractivity contribution in [3.05, 3.63) is 70.3 Å². The minimum absolute atomic E-state index is 0.878. The van der Waals surface area contributed by atoms with Crippen molar-refractivity contribution in [3.8, 4) is 11.8 Å². The number of fused-ring (bicyclic) bond motifs is 1. The van der Waals surface area contributed by atoms with E-state index in [0.717, 1.165) is 30.0 Å². The summed E-state index contributed by atoms with van der Waals surface area (Å²) in [5.74, 6) is 7.60. The average Bonchev–Trinajstić information content (AvgIpc) is 2.64. The Morgan fingerprint density at radius 3 is 2.58 bits per heavy atom. The number of aryl methyl sites for hydroxylation is 1. The lowest BCUT2D eigenvalue weighted by Crippen LogP contribution is -2.13. The van der Waals surface area contributed by atoms with E-state index in [4.69, 9.17) is 0 Å². The van der Waals surface area contributed by atoms with Gasteiger partial charge in [0, 0.05) is 11.1 Å². The van der Waals surface area contributed by atoms with Crippen molar-refractivity contribution in [2.45, 2.75) is 38.5 Å². The lowest BCUT2D eigenvalue weighted by Gasteiger charge is -2.25. The van der Waals surface area contributed by atoms with Crippen molar-refractivity contribution >= 4 is 29.1 Å². The molecule has 128 valence electrons. The predicted molar refractivity (Wildman–Crippen MR) is 112 cm³/mol. The zero-order chi connectivity index (χ0) is 17.8. The summed E-state index contributed by atoms with van der Waals surface area (Å²) in [5, 5.41) is 2.43. The Morgan fingerprint density at radius 2 is 1.85 bits per heavy atom. The molecule has 0 N–H and O–H groups in total. The topological polar surface area (TPSA) is 12.4 Å². The van der Waals surface area contributed by atoms with E-state index in [0.29, 0.717) is 0 Å². The minimum atomic E-state index is 0.878. The van der Waals surface area contributed by atoms with E-state index in [1.54, 1.807) is 0 Å². The molecule has 0 unspecified atom stereocenters. The zero-order valence-electron chi connectivity index (χ0n) is 14.8. The highest BCUT2D eigenvalue weighted by molar-refractivity contribution is 7.78. The lowest BCUT2D eigenvalue weighted by atomic mass is 9.81. The highest BCUT2D eigenvalue weighted by Crippen LogP contribution is 2.30. The second-order valence-corrected chi connectivity index (χ2v) is 7.39. The van der Waals surface area contributed by atoms with Crippen LogP contribution in [0.2, 0.25) is 0 Å². The summed E-state index contributed by atoms with van der Waals surface area (Å²) in [6.07, 6.45) is 9.61. The third kappa shape index (κ3) is 4.02. The van der Waals surface area contributed by atoms with Gasteiger partial charge in [0.15, 0.2) is 0 Å². The molecule has 1 saturated carbocycles. The highest BCUT2D eigenvalue weighted by Gasteiger charge is 2.17. The first-order chi connectivity index (χ1) is 12.8. The third-order valence-corrected chi connectivity index (χ3v) is 5.46. The van der Waals surface area contributed by atoms with Gasteiger partial charge in [-0.15, -0.1) is 0 Å². The molecule has 2 aliphatic rings. The van der Waals surface area contributed by atoms with E-state index in [1.807, 2.05) is 6.07 Å². The van der Waals surface area contributed by atoms with Crippen LogP contribution in [0.4, 0.5) is 5.69 Å². The molecule has 2 aromatic carbocycles. The van der Waals surface area contributed by atoms with Crippen molar-refractivity contribution in [2.24, 2.45) is 10.9 Å². The van der Waals surface area contributed by atoms with E-state index < -0.39 is 0 Å². The van der Waals surface area contributed by atoms with Crippen LogP contribution in [0, 0.1) is 17.8 Å². The van der Waals surface area contributed by atoms with Gasteiger partial charge in [-0.05, 0) is 84.4 Å². The Labute approximate surface area is 160 Å². The van der Waals surface area contributed by atoms with Gasteiger partial charge in [0.25, 0.3) is 0 Å². The molecule has 1 nitrogen and oxygen atoms in total. The zero-order valence-corrected chi connectivity index (χ0v) is 15.6. The molecular formula is C24H21NS. The molecule has 1 fully saturated rings. The molecule has 4 rings (SSSR count). The fraction of sp³-hybridized carbons (Fsp3) is 0.292. The Kier molecular flexibility index (Phi) is 5.12. The second-order valence-electron chi connectivity index (χ2n) is 7.20. The Balaban J connectivity index is 1.46. The first-order valence-electron chi connectivity index (χ1n) is 9.32. The molecule has 2 aromatic rings. The van der Waals surface area contributed by atoms with E-state index in [9.17, 15) is 0 Å². The van der Waals surface area contributed by atoms with Gasteiger partial charge in [0.2, 0.25) is 0 Å². The Morgan fingerprint density at radius 1 is 1.00 bits per heavy atom. The quantitative estimate of drug-likeness (QED) is 0.366. The largest absolute Gasteiger partial charge is 0.195 e. The van der Waals surface area contributed by atoms with Gasteiger partial charge in [0.05, 0.1) is 10.8 Å². The van der Waals surface area contributed by atoms with Crippen LogP contribution >= 0.6 is 12.2 Å². The summed E-state index contributed by atoms with van der Waals surface area (Å²) in [6, 6.07) is 15.0. The fourth-order valence-electron chi connectivity index (χ4n) is 3.61. The van der Waals surface area contributed by atoms with E-state index >= 15 is 0 Å². The van der Waals surface area contributed by atoms with E-state index in [1.165, 1.54) is 47.9 Å². The van der Waals surface area contributed by atoms with Crippen LogP contribution in [0.1, 0.15) is 47.9 Å². The Hall–Kier alpha value is -2.46. The number of allylic oxidation sites excluding steroid dienone is 1. The first-order valence-corrected chi connectivity index (χ1v) is 9.73. The van der Waals surface area contributed by atoms with Crippen LogP contribution in [0.15, 0.2) is 53.0 Å². The molecule has 0 radical (unpaired) electrons. The number of aliphatic imine (C=N–C) groups is 1. The average molecular weight is 356 g/mol. The van der Waals surface area contributed by atoms with Gasteiger partial charge in [-0.25, -0.2) is 0 Å². The van der Waals surface area contributed by atoms with Gasteiger partial charge in [-0.3, -0.25) is 0 Å². The fourth-order valence-corrected chi connectivity index (χ4v) is 3.71. The number of hydrogen-bond acceptors (Lipinski definition) is 2. The molecule has 0 heterocycles. The van der Waals surface area contributed by atoms with Gasteiger partial charge < -0.3 is 0 Å². The molecule has 26 heavy (non-hydrogen) atoms. The maximum atomic E-state index is 4.68. The smallest absolute Gasteiger partial charge is 0.0742 e. The van der Waals surface area contributed by atoms with Crippen molar-refractivity contribution in [2.75, 3.05) is 0 Å². The second kappa shape index (κ2) is 7.83. The molecule has 2 heteroatoms. The van der Waals surface area contributed by atoms with Crippen molar-refractivity contribution < 1.29 is 0 Å². The summed E-state index contributed by atoms with van der Waals surface area (Å²) in [5.41, 5.74) is 7.16. The van der Waals surface area contributed by atoms with Crippen LogP contribution in [0.3, 0.4) is 0 Å². The van der Waals surface area contributed by atoms with Gasteiger partial charge in [-0.2, -0.15) is 4.99 Å². The summed E-state index contributed by atoms with van der Waals surface area (Å²) >= 11 is 4.68. The van der Waals surface area contributed by atoms with Crippen LogP contribution in [-0.4, -0.2) is 5.16 Å². The predicted octanol–water partition coefficient (Wildman–Crippen LogP) is 6.14. The summed E-state index contributed by atoms with van der Waals surface area (Å²) in [4.78, 5) is 4.06. The van der Waals surface area contributed by atoms with E-state index in [2.05, 4.69) is 76.7 Å². The first kappa shape index (κ1) is 17.0. The summed E-state index contributed by atoms with van der Waals surface area (Å²) < 4.78 is 0. The number of benzene rings is 2. The molecule has 2 aliphatic carbocycles. The monoisotopic (exact) mass is 355 g/mol. The van der Waals surface area contributed by atoms with E-state index in [-0.39, 0.29) is 0 Å². The molecule has 0 atom stereocenters. The number of rotatable bonds is 3. The van der Waals surface area contributed by atoms with Crippen LogP contribution in [-0.2, 0) is 12.8 Å². The van der Waals surface area contributed by atoms with Crippen LogP contribution in [0.5, 0.6) is 0 Å². The molecule has 0 aromatic heterocycles. The minimum Gasteiger partial charge on any atom is -0.195 e.